The molecule has 2 rings (SSSR count). The van der Waals surface area contributed by atoms with Crippen molar-refractivity contribution in [2.45, 2.75) is 144 Å². The highest BCUT2D eigenvalue weighted by Gasteiger charge is 2.42. The van der Waals surface area contributed by atoms with Gasteiger partial charge in [-0.25, -0.2) is 19.6 Å². The van der Waals surface area contributed by atoms with Crippen molar-refractivity contribution in [1.82, 2.24) is 0 Å². The molecule has 2 aliphatic rings. The third-order valence-corrected chi connectivity index (χ3v) is 8.12. The van der Waals surface area contributed by atoms with Gasteiger partial charge in [0.1, 0.15) is 12.2 Å². The fraction of sp³-hybridized carbons (Fsp3) is 0.889. The van der Waals surface area contributed by atoms with Crippen LogP contribution in [0.4, 0.5) is 0 Å². The number of hydrogen-bond donors (Lipinski definition) is 4. The van der Waals surface area contributed by atoms with Crippen molar-refractivity contribution >= 4 is 12.2 Å². The van der Waals surface area contributed by atoms with Crippen molar-refractivity contribution < 1.29 is 28.5 Å². The van der Waals surface area contributed by atoms with Crippen molar-refractivity contribution in [1.29, 1.82) is 10.5 Å². The summed E-state index contributed by atoms with van der Waals surface area (Å²) in [6, 6.07) is 0.376. The minimum Gasteiger partial charge on any atom is -0.424 e. The van der Waals surface area contributed by atoms with E-state index in [2.05, 4.69) is 56.3 Å². The molecule has 8 unspecified atom stereocenters. The topological polar surface area (TPSA) is 247 Å². The van der Waals surface area contributed by atoms with E-state index in [0.29, 0.717) is 44.4 Å². The van der Waals surface area contributed by atoms with Gasteiger partial charge in [0, 0.05) is 18.1 Å². The fourth-order valence-electron chi connectivity index (χ4n) is 7.00. The van der Waals surface area contributed by atoms with Crippen LogP contribution in [0.15, 0.2) is 9.98 Å². The molecule has 2 saturated carbocycles. The van der Waals surface area contributed by atoms with Crippen LogP contribution in [0.3, 0.4) is 0 Å². The molecular weight excluding hydrogens is 640 g/mol. The van der Waals surface area contributed by atoms with Gasteiger partial charge in [-0.05, 0) is 94.4 Å². The van der Waals surface area contributed by atoms with Gasteiger partial charge in [0.25, 0.3) is 12.5 Å². The Morgan fingerprint density at radius 3 is 1.76 bits per heavy atom. The average Bonchev–Trinajstić information content (AvgIpc) is 2.95. The Labute approximate surface area is 301 Å². The molecule has 0 aromatic carbocycles. The lowest BCUT2D eigenvalue weighted by Gasteiger charge is -2.45. The van der Waals surface area contributed by atoms with Crippen LogP contribution < -0.4 is 22.9 Å². The number of carbonyl (C=O) groups excluding carboxylic acids is 2. The van der Waals surface area contributed by atoms with Crippen LogP contribution in [0.5, 0.6) is 0 Å². The SMILES string of the molecule is CC(COCC(C)OC#N)N=C=O.CC(N)COCC(C)N.CC1(C)CC(N)CC(C)(CN)C1.CC1(C)CC(OC#N)CC(C)(CN=C=O)C1. The van der Waals surface area contributed by atoms with Crippen LogP contribution in [0.2, 0.25) is 0 Å². The van der Waals surface area contributed by atoms with Gasteiger partial charge in [-0.3, -0.25) is 0 Å². The maximum absolute atomic E-state index is 10.2. The van der Waals surface area contributed by atoms with E-state index in [1.807, 2.05) is 13.8 Å². The van der Waals surface area contributed by atoms with Gasteiger partial charge >= 0.3 is 0 Å². The molecule has 0 spiro atoms. The molecule has 2 fully saturated rings. The van der Waals surface area contributed by atoms with E-state index in [1.54, 1.807) is 32.4 Å². The first-order valence-electron chi connectivity index (χ1n) is 17.4. The molecule has 14 heteroatoms. The van der Waals surface area contributed by atoms with Crippen LogP contribution in [0.25, 0.3) is 0 Å². The first kappa shape index (κ1) is 49.2. The normalized spacial score (nSPS) is 26.9. The van der Waals surface area contributed by atoms with Crippen molar-refractivity contribution in [2.24, 2.45) is 54.6 Å². The van der Waals surface area contributed by atoms with Crippen LogP contribution in [0, 0.1) is 44.7 Å². The second-order valence-electron chi connectivity index (χ2n) is 16.4. The zero-order valence-corrected chi connectivity index (χ0v) is 32.5. The lowest BCUT2D eigenvalue weighted by molar-refractivity contribution is -0.00681. The molecule has 2 aliphatic carbocycles. The van der Waals surface area contributed by atoms with Gasteiger partial charge in [-0.1, -0.05) is 41.5 Å². The molecule has 50 heavy (non-hydrogen) atoms. The third kappa shape index (κ3) is 26.0. The maximum atomic E-state index is 10.2. The van der Waals surface area contributed by atoms with Crippen LogP contribution >= 0.6 is 0 Å². The molecule has 8 atom stereocenters. The van der Waals surface area contributed by atoms with Crippen molar-refractivity contribution in [3.63, 3.8) is 0 Å². The lowest BCUT2D eigenvalue weighted by atomic mass is 9.63. The van der Waals surface area contributed by atoms with Crippen LogP contribution in [0.1, 0.15) is 108 Å². The van der Waals surface area contributed by atoms with Gasteiger partial charge in [-0.15, -0.1) is 0 Å². The summed E-state index contributed by atoms with van der Waals surface area (Å²) in [7, 11) is 0. The van der Waals surface area contributed by atoms with Crippen molar-refractivity contribution in [3.8, 4) is 12.5 Å². The highest BCUT2D eigenvalue weighted by molar-refractivity contribution is 5.33. The minimum absolute atomic E-state index is 0.0550. The largest absolute Gasteiger partial charge is 0.424 e. The standard InChI is InChI=1S/C12H18N2O2.C10H22N2.C8H12N2O3.C6H16N2O/c1-11(2)4-10(16-8-13)5-12(3,6-11)7-14-9-15;1-9(2)4-8(12)5-10(3,6-9)7-11;1-7(10-6-11)3-12-4-8(2)13-5-9;1-5(7)3-9-4-6(2)8/h10H,4-7H2,1-3H3;8H,4-7,11-12H2,1-3H3;7-8H,3-4H2,1-2H3;5-6H,3-4,7-8H2,1-2H3. The number of nitriles is 2. The molecule has 8 N–H and O–H groups in total. The number of hydrogen-bond acceptors (Lipinski definition) is 14. The van der Waals surface area contributed by atoms with E-state index in [0.717, 1.165) is 38.6 Å². The highest BCUT2D eigenvalue weighted by Crippen LogP contribution is 2.47. The van der Waals surface area contributed by atoms with E-state index in [-0.39, 0.29) is 46.6 Å². The Balaban J connectivity index is 0. The van der Waals surface area contributed by atoms with Crippen LogP contribution in [-0.2, 0) is 28.5 Å². The predicted molar refractivity (Wildman–Crippen MR) is 195 cm³/mol. The second-order valence-corrected chi connectivity index (χ2v) is 16.4. The van der Waals surface area contributed by atoms with Gasteiger partial charge in [-0.2, -0.15) is 10.5 Å². The zero-order chi connectivity index (χ0) is 39.0. The summed E-state index contributed by atoms with van der Waals surface area (Å²) in [5, 5.41) is 16.7. The van der Waals surface area contributed by atoms with Gasteiger partial charge < -0.3 is 41.9 Å². The number of isocyanates is 2. The smallest absolute Gasteiger partial charge is 0.286 e. The number of nitrogens with two attached hydrogens (primary N) is 4. The molecular formula is C36H68N8O6. The Bertz CT molecular complexity index is 1100. The minimum atomic E-state index is -0.266. The predicted octanol–water partition coefficient (Wildman–Crippen LogP) is 4.20. The monoisotopic (exact) mass is 709 g/mol. The van der Waals surface area contributed by atoms with Gasteiger partial charge in [0.2, 0.25) is 12.2 Å². The summed E-state index contributed by atoms with van der Waals surface area (Å²) in [5.41, 5.74) is 23.3. The summed E-state index contributed by atoms with van der Waals surface area (Å²) in [6.07, 6.45) is 12.1. The summed E-state index contributed by atoms with van der Waals surface area (Å²) < 4.78 is 19.8. The Morgan fingerprint density at radius 2 is 1.30 bits per heavy atom. The molecule has 0 radical (unpaired) electrons. The summed E-state index contributed by atoms with van der Waals surface area (Å²) in [4.78, 5) is 27.1. The van der Waals surface area contributed by atoms with Crippen molar-refractivity contribution in [3.05, 3.63) is 0 Å². The summed E-state index contributed by atoms with van der Waals surface area (Å²) >= 11 is 0. The number of rotatable bonds is 14. The van der Waals surface area contributed by atoms with Crippen LogP contribution in [-0.4, -0.2) is 88.1 Å². The molecule has 14 nitrogen and oxygen atoms in total. The molecule has 0 aliphatic heterocycles. The molecule has 0 aromatic rings. The molecule has 0 aromatic heterocycles. The molecule has 0 heterocycles. The Morgan fingerprint density at radius 1 is 0.760 bits per heavy atom. The summed E-state index contributed by atoms with van der Waals surface area (Å²) in [5.74, 6) is 0. The van der Waals surface area contributed by atoms with E-state index in [4.69, 9.17) is 47.7 Å². The first-order valence-corrected chi connectivity index (χ1v) is 17.4. The number of ether oxygens (including phenoxy) is 4. The Kier molecular flexibility index (Phi) is 24.7. The van der Waals surface area contributed by atoms with E-state index >= 15 is 0 Å². The zero-order valence-electron chi connectivity index (χ0n) is 32.5. The van der Waals surface area contributed by atoms with Crippen molar-refractivity contribution in [2.75, 3.05) is 39.5 Å². The average molecular weight is 709 g/mol. The summed E-state index contributed by atoms with van der Waals surface area (Å²) in [6.45, 7) is 23.6. The molecule has 0 saturated heterocycles. The molecule has 288 valence electrons. The van der Waals surface area contributed by atoms with E-state index in [1.165, 1.54) is 12.5 Å². The van der Waals surface area contributed by atoms with Gasteiger partial charge in [0.15, 0.2) is 0 Å². The number of aliphatic imine (C=N–C) groups is 2. The van der Waals surface area contributed by atoms with E-state index < -0.39 is 0 Å². The maximum Gasteiger partial charge on any atom is 0.286 e. The second kappa shape index (κ2) is 25.1. The quantitative estimate of drug-likeness (QED) is 0.113. The lowest BCUT2D eigenvalue weighted by Crippen LogP contribution is -2.45. The molecule has 0 bridgehead atoms. The number of nitrogens with zero attached hydrogens (tertiary/aromatic N) is 4. The van der Waals surface area contributed by atoms with E-state index in [9.17, 15) is 9.59 Å². The highest BCUT2D eigenvalue weighted by atomic mass is 16.5. The third-order valence-electron chi connectivity index (χ3n) is 8.12. The van der Waals surface area contributed by atoms with Gasteiger partial charge in [0.05, 0.1) is 39.0 Å². The molecule has 0 amide bonds. The fourth-order valence-corrected chi connectivity index (χ4v) is 7.00. The Hall–Kier alpha value is -2.90. The first-order chi connectivity index (χ1) is 23.1.